The number of amides is 1. The topological polar surface area (TPSA) is 156 Å². The lowest BCUT2D eigenvalue weighted by atomic mass is 9.88. The minimum absolute atomic E-state index is 0.00885. The fraction of sp³-hybridized carbons (Fsp3) is 0.200. The molecule has 288 valence electrons. The van der Waals surface area contributed by atoms with Gasteiger partial charge >= 0.3 is 18.3 Å². The summed E-state index contributed by atoms with van der Waals surface area (Å²) in [5.74, 6) is -2.25. The van der Waals surface area contributed by atoms with Crippen LogP contribution in [0.1, 0.15) is 56.8 Å². The van der Waals surface area contributed by atoms with E-state index < -0.39 is 46.6 Å². The normalized spacial score (nSPS) is 18.0. The van der Waals surface area contributed by atoms with Crippen molar-refractivity contribution in [3.8, 4) is 44.5 Å². The zero-order chi connectivity index (χ0) is 40.5. The molecule has 2 aromatic heterocycles. The van der Waals surface area contributed by atoms with Crippen LogP contribution < -0.4 is 5.73 Å². The number of carboxylic acid groups (broad SMARTS) is 1. The van der Waals surface area contributed by atoms with Crippen molar-refractivity contribution in [1.29, 1.82) is 0 Å². The Balaban J connectivity index is 0.000000172. The Kier molecular flexibility index (Phi) is 8.96. The van der Waals surface area contributed by atoms with Crippen molar-refractivity contribution >= 4 is 11.9 Å². The Morgan fingerprint density at radius 1 is 0.643 bits per heavy atom. The Bertz CT molecular complexity index is 2380. The molecule has 0 radical (unpaired) electrons. The molecule has 56 heavy (non-hydrogen) atoms. The fourth-order valence-corrected chi connectivity index (χ4v) is 7.44. The number of carboxylic acids is 1. The van der Waals surface area contributed by atoms with Crippen molar-refractivity contribution in [1.82, 2.24) is 19.6 Å². The molecule has 0 bridgehead atoms. The number of aliphatic hydroxyl groups is 2. The first-order valence-corrected chi connectivity index (χ1v) is 17.1. The molecule has 6 aromatic rings. The maximum atomic E-state index is 14.0. The number of aryl methyl sites for hydroxylation is 2. The van der Waals surface area contributed by atoms with Gasteiger partial charge in [0.05, 0.1) is 18.0 Å². The first-order valence-electron chi connectivity index (χ1n) is 17.1. The van der Waals surface area contributed by atoms with Crippen LogP contribution >= 0.6 is 0 Å². The molecule has 2 heterocycles. The number of rotatable bonds is 6. The van der Waals surface area contributed by atoms with Crippen molar-refractivity contribution in [3.63, 3.8) is 0 Å². The summed E-state index contributed by atoms with van der Waals surface area (Å²) in [6.07, 6.45) is -3.81. The van der Waals surface area contributed by atoms with Crippen LogP contribution in [0.15, 0.2) is 97.6 Å². The number of alkyl halides is 6. The second-order valence-corrected chi connectivity index (χ2v) is 13.2. The highest BCUT2D eigenvalue weighted by Crippen LogP contribution is 2.58. The predicted molar refractivity (Wildman–Crippen MR) is 191 cm³/mol. The van der Waals surface area contributed by atoms with E-state index in [9.17, 15) is 51.3 Å². The van der Waals surface area contributed by atoms with Crippen molar-refractivity contribution in [2.24, 2.45) is 5.73 Å². The summed E-state index contributed by atoms with van der Waals surface area (Å²) in [5, 5.41) is 39.6. The van der Waals surface area contributed by atoms with Crippen molar-refractivity contribution in [2.75, 3.05) is 0 Å². The summed E-state index contributed by atoms with van der Waals surface area (Å²) in [4.78, 5) is 24.0. The molecule has 1 amide bonds. The molecule has 4 aromatic carbocycles. The molecule has 10 nitrogen and oxygen atoms in total. The van der Waals surface area contributed by atoms with E-state index in [1.54, 1.807) is 27.8 Å². The van der Waals surface area contributed by atoms with Crippen LogP contribution in [0.5, 0.6) is 0 Å². The minimum atomic E-state index is -5.03. The summed E-state index contributed by atoms with van der Waals surface area (Å²) < 4.78 is 87.4. The van der Waals surface area contributed by atoms with E-state index in [2.05, 4.69) is 10.2 Å². The summed E-state index contributed by atoms with van der Waals surface area (Å²) in [5.41, 5.74) is -1.35. The van der Waals surface area contributed by atoms with Crippen molar-refractivity contribution in [3.05, 3.63) is 131 Å². The van der Waals surface area contributed by atoms with E-state index >= 15 is 0 Å². The molecule has 0 fully saturated rings. The third-order valence-corrected chi connectivity index (χ3v) is 10.1. The van der Waals surface area contributed by atoms with E-state index in [1.165, 1.54) is 79.1 Å². The molecular formula is C40H31F6N5O5. The zero-order valence-corrected chi connectivity index (χ0v) is 29.4. The molecule has 0 aliphatic heterocycles. The first-order chi connectivity index (χ1) is 26.4. The van der Waals surface area contributed by atoms with Crippen LogP contribution in [0.3, 0.4) is 0 Å². The van der Waals surface area contributed by atoms with Gasteiger partial charge in [-0.3, -0.25) is 14.2 Å². The van der Waals surface area contributed by atoms with Gasteiger partial charge in [0.1, 0.15) is 0 Å². The number of aromatic carboxylic acids is 1. The lowest BCUT2D eigenvalue weighted by molar-refractivity contribution is -0.247. The summed E-state index contributed by atoms with van der Waals surface area (Å²) in [6.45, 7) is 4.84. The second kappa shape index (κ2) is 13.2. The Labute approximate surface area is 314 Å². The average Bonchev–Trinajstić information content (AvgIpc) is 3.95. The van der Waals surface area contributed by atoms with Gasteiger partial charge < -0.3 is 21.1 Å². The number of carbonyl (C=O) groups is 2. The molecule has 2 aliphatic carbocycles. The number of primary amides is 1. The SMILES string of the molecule is CCn1cc(-c2cc(C(=O)O)c3c(c2)C(O)(C(F)(F)F)c2ccccc2-3)cn1.CCn1cc(-c2cc(C(N)=O)c3c(c2)C(O)(C(F)(F)F)c2ccccc2-3)cn1. The Hall–Kier alpha value is -6.26. The van der Waals surface area contributed by atoms with Gasteiger partial charge in [-0.1, -0.05) is 48.5 Å². The number of hydrogen-bond donors (Lipinski definition) is 4. The fourth-order valence-electron chi connectivity index (χ4n) is 7.44. The first kappa shape index (κ1) is 38.0. The molecule has 2 unspecified atom stereocenters. The maximum Gasteiger partial charge on any atom is 0.425 e. The minimum Gasteiger partial charge on any atom is -0.478 e. The number of benzene rings is 4. The highest BCUT2D eigenvalue weighted by molar-refractivity contribution is 6.05. The van der Waals surface area contributed by atoms with Crippen LogP contribution in [0.4, 0.5) is 26.3 Å². The predicted octanol–water partition coefficient (Wildman–Crippen LogP) is 7.49. The smallest absolute Gasteiger partial charge is 0.425 e. The highest BCUT2D eigenvalue weighted by Gasteiger charge is 2.62. The number of hydrogen-bond acceptors (Lipinski definition) is 6. The third-order valence-electron chi connectivity index (χ3n) is 10.1. The quantitative estimate of drug-likeness (QED) is 0.128. The maximum absolute atomic E-state index is 14.0. The summed E-state index contributed by atoms with van der Waals surface area (Å²) >= 11 is 0. The van der Waals surface area contributed by atoms with Gasteiger partial charge in [-0.2, -0.15) is 36.5 Å². The van der Waals surface area contributed by atoms with Gasteiger partial charge in [0.25, 0.3) is 0 Å². The average molecular weight is 776 g/mol. The van der Waals surface area contributed by atoms with Crippen molar-refractivity contribution < 1.29 is 51.3 Å². The van der Waals surface area contributed by atoms with E-state index in [1.807, 2.05) is 13.8 Å². The lowest BCUT2D eigenvalue weighted by Crippen LogP contribution is -2.41. The van der Waals surface area contributed by atoms with Crippen LogP contribution in [0, 0.1) is 0 Å². The summed E-state index contributed by atoms with van der Waals surface area (Å²) in [6, 6.07) is 16.3. The molecule has 0 spiro atoms. The molecular weight excluding hydrogens is 744 g/mol. The monoisotopic (exact) mass is 775 g/mol. The number of carbonyl (C=O) groups excluding carboxylic acids is 1. The van der Waals surface area contributed by atoms with Gasteiger partial charge in [-0.05, 0) is 60.4 Å². The van der Waals surface area contributed by atoms with E-state index in [0.29, 0.717) is 29.8 Å². The van der Waals surface area contributed by atoms with E-state index in [-0.39, 0.29) is 50.1 Å². The molecule has 8 rings (SSSR count). The third kappa shape index (κ3) is 5.66. The van der Waals surface area contributed by atoms with Gasteiger partial charge in [0.2, 0.25) is 17.1 Å². The van der Waals surface area contributed by atoms with Gasteiger partial charge in [0, 0.05) is 75.6 Å². The Morgan fingerprint density at radius 3 is 1.39 bits per heavy atom. The molecule has 5 N–H and O–H groups in total. The largest absolute Gasteiger partial charge is 0.478 e. The number of aromatic nitrogens is 4. The standard InChI is InChI=1S/C20H16F3N3O2.C20H15F3N2O3/c1-2-26-10-12(9-25-26)11-7-14(18(24)27)17-13-5-3-4-6-15(13)19(28,16(17)8-11)20(21,22)23;1-2-25-10-12(9-24-25)11-7-14(18(26)27)17-13-5-3-4-6-15(13)19(28,16(17)8-11)20(21,22)23/h3-10,28H,2H2,1H3,(H2,24,27);3-10,28H,2H2,1H3,(H,26,27). The summed E-state index contributed by atoms with van der Waals surface area (Å²) in [7, 11) is 0. The second-order valence-electron chi connectivity index (χ2n) is 13.2. The number of halogens is 6. The molecule has 2 atom stereocenters. The molecule has 16 heteroatoms. The molecule has 2 aliphatic rings. The van der Waals surface area contributed by atoms with Crippen molar-refractivity contribution in [2.45, 2.75) is 50.5 Å². The molecule has 0 saturated carbocycles. The zero-order valence-electron chi connectivity index (χ0n) is 29.4. The highest BCUT2D eigenvalue weighted by atomic mass is 19.4. The van der Waals surface area contributed by atoms with Gasteiger partial charge in [-0.25, -0.2) is 4.79 Å². The number of fused-ring (bicyclic) bond motifs is 6. The van der Waals surface area contributed by atoms with Crippen LogP contribution in [0.25, 0.3) is 44.5 Å². The lowest BCUT2D eigenvalue weighted by Gasteiger charge is -2.28. The number of nitrogens with two attached hydrogens (primary N) is 1. The van der Waals surface area contributed by atoms with Crippen LogP contribution in [-0.4, -0.2) is 59.1 Å². The van der Waals surface area contributed by atoms with E-state index in [4.69, 9.17) is 5.73 Å². The number of nitrogens with zero attached hydrogens (tertiary/aromatic N) is 4. The Morgan fingerprint density at radius 2 is 1.04 bits per heavy atom. The molecule has 0 saturated heterocycles. The van der Waals surface area contributed by atoms with Crippen LogP contribution in [-0.2, 0) is 24.3 Å². The van der Waals surface area contributed by atoms with Crippen LogP contribution in [0.2, 0.25) is 0 Å². The van der Waals surface area contributed by atoms with E-state index in [0.717, 1.165) is 0 Å². The van der Waals surface area contributed by atoms with Gasteiger partial charge in [0.15, 0.2) is 0 Å². The van der Waals surface area contributed by atoms with Gasteiger partial charge in [-0.15, -0.1) is 0 Å².